The second kappa shape index (κ2) is 9.61. The van der Waals surface area contributed by atoms with Crippen LogP contribution in [0.25, 0.3) is 11.0 Å². The van der Waals surface area contributed by atoms with E-state index < -0.39 is 23.3 Å². The van der Waals surface area contributed by atoms with E-state index in [0.29, 0.717) is 5.69 Å². The van der Waals surface area contributed by atoms with Crippen molar-refractivity contribution in [2.45, 2.75) is 47.2 Å². The summed E-state index contributed by atoms with van der Waals surface area (Å²) in [5.74, 6) is -1.11. The van der Waals surface area contributed by atoms with Gasteiger partial charge >= 0.3 is 17.3 Å². The number of carbonyl (C=O) groups is 1. The monoisotopic (exact) mass is 476 g/mol. The number of aliphatic carboxylic acids is 1. The third-order valence-electron chi connectivity index (χ3n) is 6.10. The topological polar surface area (TPSA) is 123 Å². The highest BCUT2D eigenvalue weighted by Gasteiger charge is 2.17. The van der Waals surface area contributed by atoms with Gasteiger partial charge in [-0.3, -0.25) is 14.3 Å². The zero-order valence-corrected chi connectivity index (χ0v) is 20.2. The first-order valence-corrected chi connectivity index (χ1v) is 11.5. The van der Waals surface area contributed by atoms with E-state index in [1.54, 1.807) is 6.07 Å². The highest BCUT2D eigenvalue weighted by atomic mass is 16.4. The number of carboxylic acid groups (broad SMARTS) is 1. The number of benzene rings is 2. The molecule has 9 heteroatoms. The van der Waals surface area contributed by atoms with Gasteiger partial charge in [-0.1, -0.05) is 43.7 Å². The third-order valence-corrected chi connectivity index (χ3v) is 6.10. The van der Waals surface area contributed by atoms with Crippen LogP contribution in [0.2, 0.25) is 0 Å². The minimum atomic E-state index is -1.09. The maximum atomic E-state index is 13.4. The van der Waals surface area contributed by atoms with Crippen LogP contribution in [0, 0.1) is 19.8 Å². The van der Waals surface area contributed by atoms with Gasteiger partial charge < -0.3 is 9.52 Å². The molecule has 0 unspecified atom stereocenters. The molecule has 0 aliphatic heterocycles. The quantitative estimate of drug-likeness (QED) is 0.424. The van der Waals surface area contributed by atoms with E-state index in [9.17, 15) is 19.5 Å². The first kappa shape index (κ1) is 24.0. The second-order valence-electron chi connectivity index (χ2n) is 8.75. The molecule has 4 aromatic rings. The van der Waals surface area contributed by atoms with Crippen LogP contribution in [0.15, 0.2) is 61.5 Å². The Morgan fingerprint density at radius 3 is 2.49 bits per heavy atom. The van der Waals surface area contributed by atoms with E-state index in [0.717, 1.165) is 44.4 Å². The molecule has 0 spiro atoms. The van der Waals surface area contributed by atoms with Crippen molar-refractivity contribution in [1.29, 1.82) is 0 Å². The van der Waals surface area contributed by atoms with E-state index in [1.165, 1.54) is 11.5 Å². The van der Waals surface area contributed by atoms with Crippen molar-refractivity contribution in [2.75, 3.05) is 0 Å². The molecule has 0 fully saturated rings. The molecule has 35 heavy (non-hydrogen) atoms. The molecule has 182 valence electrons. The molecular weight excluding hydrogens is 448 g/mol. The number of nitrogens with one attached hydrogen (secondary N) is 1. The number of nitrogens with zero attached hydrogens (tertiary/aromatic N) is 3. The van der Waals surface area contributed by atoms with Crippen molar-refractivity contribution in [1.82, 2.24) is 14.1 Å². The van der Waals surface area contributed by atoms with E-state index >= 15 is 0 Å². The Kier molecular flexibility index (Phi) is 6.59. The molecule has 2 aromatic carbocycles. The molecule has 2 heterocycles. The number of rotatable bonds is 7. The molecular formula is C26H28N4O5. The van der Waals surface area contributed by atoms with Gasteiger partial charge in [0.05, 0.1) is 18.2 Å². The van der Waals surface area contributed by atoms with Crippen LogP contribution >= 0.6 is 0 Å². The molecule has 2 N–H and O–H groups in total. The molecule has 0 aliphatic carbocycles. The number of furan rings is 1. The number of aromatic nitrogens is 3. The number of hydrogen-bond donors (Lipinski definition) is 2. The van der Waals surface area contributed by atoms with Gasteiger partial charge in [-0.25, -0.2) is 19.1 Å². The molecule has 4 rings (SSSR count). The number of aryl methyl sites for hydroxylation is 3. The van der Waals surface area contributed by atoms with E-state index in [-0.39, 0.29) is 18.7 Å². The third kappa shape index (κ3) is 4.89. The number of fused-ring (bicyclic) bond motifs is 1. The fourth-order valence-corrected chi connectivity index (χ4v) is 3.96. The average molecular weight is 477 g/mol. The highest BCUT2D eigenvalue weighted by Crippen LogP contribution is 2.29. The normalized spacial score (nSPS) is 12.9. The van der Waals surface area contributed by atoms with Crippen LogP contribution in [-0.2, 0) is 24.3 Å². The Labute approximate surface area is 201 Å². The summed E-state index contributed by atoms with van der Waals surface area (Å²) in [6, 6.07) is 13.1. The number of carboxylic acids is 1. The van der Waals surface area contributed by atoms with Gasteiger partial charge in [-0.2, -0.15) is 0 Å². The summed E-state index contributed by atoms with van der Waals surface area (Å²) < 4.78 is 8.13. The van der Waals surface area contributed by atoms with Crippen LogP contribution in [0.4, 0.5) is 5.69 Å². The summed E-state index contributed by atoms with van der Waals surface area (Å²) in [6.07, 6.45) is 0.768. The Balaban J connectivity index is 1.90. The molecule has 0 bridgehead atoms. The maximum Gasteiger partial charge on any atom is 0.335 e. The largest absolute Gasteiger partial charge is 0.481 e. The van der Waals surface area contributed by atoms with Gasteiger partial charge in [0.1, 0.15) is 11.3 Å². The van der Waals surface area contributed by atoms with Crippen LogP contribution < -0.4 is 17.0 Å². The van der Waals surface area contributed by atoms with E-state index in [4.69, 9.17) is 4.42 Å². The van der Waals surface area contributed by atoms with Crippen LogP contribution in [0.5, 0.6) is 0 Å². The molecule has 0 aliphatic rings. The lowest BCUT2D eigenvalue weighted by molar-refractivity contribution is -0.141. The van der Waals surface area contributed by atoms with Crippen molar-refractivity contribution in [3.63, 3.8) is 0 Å². The molecule has 0 amide bonds. The predicted octanol–water partition coefficient (Wildman–Crippen LogP) is 3.26. The lowest BCUT2D eigenvalue weighted by atomic mass is 10.1. The summed E-state index contributed by atoms with van der Waals surface area (Å²) in [5.41, 5.74) is 2.98. The molecule has 0 saturated carbocycles. The Bertz CT molecular complexity index is 1590. The van der Waals surface area contributed by atoms with Gasteiger partial charge in [0, 0.05) is 18.4 Å². The smallest absolute Gasteiger partial charge is 0.335 e. The summed E-state index contributed by atoms with van der Waals surface area (Å²) >= 11 is 0. The zero-order valence-electron chi connectivity index (χ0n) is 20.2. The second-order valence-corrected chi connectivity index (χ2v) is 8.75. The minimum Gasteiger partial charge on any atom is -0.481 e. The number of aromatic amines is 1. The average Bonchev–Trinajstić information content (AvgIpc) is 3.15. The summed E-state index contributed by atoms with van der Waals surface area (Å²) in [5, 5.41) is 10.2. The van der Waals surface area contributed by atoms with Crippen molar-refractivity contribution >= 4 is 22.6 Å². The molecule has 1 atom stereocenters. The molecule has 2 aromatic heterocycles. The minimum absolute atomic E-state index is 0.0796. The first-order valence-electron chi connectivity index (χ1n) is 11.5. The molecule has 0 saturated heterocycles. The molecule has 9 nitrogen and oxygen atoms in total. The van der Waals surface area contributed by atoms with Crippen molar-refractivity contribution < 1.29 is 14.3 Å². The fourth-order valence-electron chi connectivity index (χ4n) is 3.96. The van der Waals surface area contributed by atoms with E-state index in [2.05, 4.69) is 9.98 Å². The van der Waals surface area contributed by atoms with Crippen molar-refractivity contribution in [3.8, 4) is 0 Å². The SMILES string of the molecule is CCc1oc2ccc(/N=c3\[nH]c(=O)n(C[C@H](C)C(=O)O)c(=O)n3Cc3ccc(C)cc3)cc2c1C. The van der Waals surface area contributed by atoms with Crippen LogP contribution in [-0.4, -0.2) is 25.2 Å². The zero-order chi connectivity index (χ0) is 25.3. The van der Waals surface area contributed by atoms with Crippen LogP contribution in [0.3, 0.4) is 0 Å². The predicted molar refractivity (Wildman–Crippen MR) is 132 cm³/mol. The fraction of sp³-hybridized carbons (Fsp3) is 0.308. The van der Waals surface area contributed by atoms with Crippen molar-refractivity contribution in [2.24, 2.45) is 10.9 Å². The Morgan fingerprint density at radius 2 is 1.83 bits per heavy atom. The number of H-pyrrole nitrogens is 1. The van der Waals surface area contributed by atoms with Gasteiger partial charge in [0.25, 0.3) is 0 Å². The maximum absolute atomic E-state index is 13.4. The van der Waals surface area contributed by atoms with E-state index in [1.807, 2.05) is 57.2 Å². The Morgan fingerprint density at radius 1 is 1.11 bits per heavy atom. The highest BCUT2D eigenvalue weighted by molar-refractivity contribution is 5.84. The first-order chi connectivity index (χ1) is 16.7. The summed E-state index contributed by atoms with van der Waals surface area (Å²) in [6.45, 7) is 7.33. The van der Waals surface area contributed by atoms with Gasteiger partial charge in [-0.15, -0.1) is 0 Å². The lowest BCUT2D eigenvalue weighted by Crippen LogP contribution is -2.51. The van der Waals surface area contributed by atoms with Gasteiger partial charge in [-0.05, 0) is 43.2 Å². The Hall–Kier alpha value is -4.14. The number of hydrogen-bond acceptors (Lipinski definition) is 5. The summed E-state index contributed by atoms with van der Waals surface area (Å²) in [7, 11) is 0. The molecule has 0 radical (unpaired) electrons. The van der Waals surface area contributed by atoms with Crippen LogP contribution in [0.1, 0.15) is 36.3 Å². The van der Waals surface area contributed by atoms with Gasteiger partial charge in [0.2, 0.25) is 5.62 Å². The van der Waals surface area contributed by atoms with Crippen molar-refractivity contribution in [3.05, 3.63) is 91.5 Å². The van der Waals surface area contributed by atoms with Gasteiger partial charge in [0.15, 0.2) is 0 Å². The standard InChI is InChI=1S/C26H28N4O5/c1-5-21-17(4)20-12-19(10-11-22(20)35-21)27-24-28-25(33)30(13-16(3)23(31)32)26(34)29(24)14-18-8-6-15(2)7-9-18/h6-12,16H,5,13-14H2,1-4H3,(H,31,32)(H,27,28,33)/t16-/m0/s1. The lowest BCUT2D eigenvalue weighted by Gasteiger charge is -2.13. The summed E-state index contributed by atoms with van der Waals surface area (Å²) in [4.78, 5) is 44.8.